The molecule has 4 nitrogen and oxygen atoms in total. The molecule has 1 fully saturated rings. The van der Waals surface area contributed by atoms with Gasteiger partial charge in [-0.3, -0.25) is 0 Å². The Morgan fingerprint density at radius 3 is 2.59 bits per heavy atom. The number of rotatable bonds is 14. The second-order valence-electron chi connectivity index (χ2n) is 7.56. The Balaban J connectivity index is 1.46. The summed E-state index contributed by atoms with van der Waals surface area (Å²) in [5, 5.41) is 0. The van der Waals surface area contributed by atoms with Crippen molar-refractivity contribution in [2.24, 2.45) is 0 Å². The summed E-state index contributed by atoms with van der Waals surface area (Å²) in [6.07, 6.45) is 13.7. The van der Waals surface area contributed by atoms with Crippen LogP contribution < -0.4 is 4.74 Å². The average Bonchev–Trinajstić information content (AvgIpc) is 2.70. The van der Waals surface area contributed by atoms with Crippen LogP contribution in [0.1, 0.15) is 76.7 Å². The largest absolute Gasteiger partial charge is 0.467 e. The fourth-order valence-corrected chi connectivity index (χ4v) is 3.57. The maximum atomic E-state index is 5.98. The van der Waals surface area contributed by atoms with Crippen molar-refractivity contribution in [3.8, 4) is 5.75 Å². The fraction of sp³-hybridized carbons (Fsp3) is 0.739. The number of aryl methyl sites for hydroxylation is 1. The first-order chi connectivity index (χ1) is 13.3. The van der Waals surface area contributed by atoms with E-state index in [2.05, 4.69) is 19.1 Å². The molecule has 0 bridgehead atoms. The number of para-hydroxylation sites is 1. The zero-order chi connectivity index (χ0) is 19.2. The van der Waals surface area contributed by atoms with Gasteiger partial charge in [0.1, 0.15) is 5.75 Å². The topological polar surface area (TPSA) is 36.9 Å². The molecule has 0 aromatic heterocycles. The molecule has 4 heteroatoms. The maximum absolute atomic E-state index is 5.98. The van der Waals surface area contributed by atoms with Crippen LogP contribution in [-0.2, 0) is 20.6 Å². The van der Waals surface area contributed by atoms with Crippen LogP contribution in [-0.4, -0.2) is 32.9 Å². The fourth-order valence-electron chi connectivity index (χ4n) is 3.57. The molecule has 154 valence electrons. The lowest BCUT2D eigenvalue weighted by Crippen LogP contribution is -2.26. The first-order valence-corrected chi connectivity index (χ1v) is 10.8. The Bertz CT molecular complexity index is 485. The van der Waals surface area contributed by atoms with E-state index in [1.54, 1.807) is 7.11 Å². The molecule has 27 heavy (non-hydrogen) atoms. The van der Waals surface area contributed by atoms with Crippen LogP contribution in [0.5, 0.6) is 5.75 Å². The molecule has 1 aliphatic rings. The van der Waals surface area contributed by atoms with Gasteiger partial charge in [0.15, 0.2) is 13.1 Å². The third-order valence-electron chi connectivity index (χ3n) is 5.13. The van der Waals surface area contributed by atoms with Gasteiger partial charge in [0, 0.05) is 13.7 Å². The Kier molecular flexibility index (Phi) is 11.5. The van der Waals surface area contributed by atoms with Crippen molar-refractivity contribution in [2.45, 2.75) is 89.9 Å². The lowest BCUT2D eigenvalue weighted by Gasteiger charge is -2.26. The quantitative estimate of drug-likeness (QED) is 0.299. The zero-order valence-corrected chi connectivity index (χ0v) is 17.3. The van der Waals surface area contributed by atoms with E-state index in [9.17, 15) is 0 Å². The van der Waals surface area contributed by atoms with Crippen molar-refractivity contribution >= 4 is 0 Å². The van der Waals surface area contributed by atoms with Crippen LogP contribution in [0, 0.1) is 0 Å². The van der Waals surface area contributed by atoms with Crippen LogP contribution in [0.3, 0.4) is 0 Å². The second-order valence-corrected chi connectivity index (χ2v) is 7.56. The highest BCUT2D eigenvalue weighted by atomic mass is 16.7. The predicted octanol–water partition coefficient (Wildman–Crippen LogP) is 5.87. The molecule has 0 aliphatic carbocycles. The van der Waals surface area contributed by atoms with Crippen LogP contribution >= 0.6 is 0 Å². The number of benzene rings is 1. The summed E-state index contributed by atoms with van der Waals surface area (Å²) in [6, 6.07) is 8.27. The van der Waals surface area contributed by atoms with Crippen LogP contribution in [0.25, 0.3) is 0 Å². The van der Waals surface area contributed by atoms with Gasteiger partial charge in [0.25, 0.3) is 0 Å². The molecular weight excluding hydrogens is 340 g/mol. The summed E-state index contributed by atoms with van der Waals surface area (Å²) in [5.41, 5.74) is 1.28. The minimum Gasteiger partial charge on any atom is -0.467 e. The van der Waals surface area contributed by atoms with Gasteiger partial charge < -0.3 is 18.9 Å². The number of ether oxygens (including phenoxy) is 4. The van der Waals surface area contributed by atoms with Gasteiger partial charge in [-0.25, -0.2) is 0 Å². The van der Waals surface area contributed by atoms with E-state index in [-0.39, 0.29) is 6.29 Å². The molecule has 2 rings (SSSR count). The van der Waals surface area contributed by atoms with E-state index in [1.165, 1.54) is 56.9 Å². The number of hydrogen-bond donors (Lipinski definition) is 0. The summed E-state index contributed by atoms with van der Waals surface area (Å²) in [7, 11) is 1.65. The van der Waals surface area contributed by atoms with Crippen LogP contribution in [0.2, 0.25) is 0 Å². The number of methoxy groups -OCH3 is 1. The summed E-state index contributed by atoms with van der Waals surface area (Å²) in [4.78, 5) is 0. The van der Waals surface area contributed by atoms with Crippen molar-refractivity contribution in [1.29, 1.82) is 0 Å². The molecule has 2 atom stereocenters. The van der Waals surface area contributed by atoms with E-state index >= 15 is 0 Å². The van der Waals surface area contributed by atoms with Gasteiger partial charge in [-0.2, -0.15) is 0 Å². The summed E-state index contributed by atoms with van der Waals surface area (Å²) in [5.74, 6) is 0.954. The number of unbranched alkanes of at least 4 members (excludes halogenated alkanes) is 5. The van der Waals surface area contributed by atoms with E-state index in [4.69, 9.17) is 18.9 Å². The highest BCUT2D eigenvalue weighted by Crippen LogP contribution is 2.21. The van der Waals surface area contributed by atoms with Crippen molar-refractivity contribution in [3.05, 3.63) is 29.8 Å². The van der Waals surface area contributed by atoms with Crippen LogP contribution in [0.4, 0.5) is 0 Å². The molecular formula is C23H38O4. The Morgan fingerprint density at radius 1 is 1.04 bits per heavy atom. The zero-order valence-electron chi connectivity index (χ0n) is 17.3. The Morgan fingerprint density at radius 2 is 1.81 bits per heavy atom. The van der Waals surface area contributed by atoms with Gasteiger partial charge in [-0.1, -0.05) is 50.3 Å². The molecule has 1 aliphatic heterocycles. The van der Waals surface area contributed by atoms with Crippen molar-refractivity contribution in [3.63, 3.8) is 0 Å². The highest BCUT2D eigenvalue weighted by molar-refractivity contribution is 5.33. The molecule has 1 heterocycles. The van der Waals surface area contributed by atoms with Crippen LogP contribution in [0.15, 0.2) is 24.3 Å². The molecule has 0 spiro atoms. The van der Waals surface area contributed by atoms with Gasteiger partial charge in [0.05, 0.1) is 6.10 Å². The van der Waals surface area contributed by atoms with E-state index < -0.39 is 0 Å². The van der Waals surface area contributed by atoms with E-state index in [0.717, 1.165) is 31.6 Å². The summed E-state index contributed by atoms with van der Waals surface area (Å²) < 4.78 is 22.3. The normalized spacial score (nSPS) is 18.4. The average molecular weight is 379 g/mol. The molecule has 0 saturated carbocycles. The maximum Gasteiger partial charge on any atom is 0.188 e. The van der Waals surface area contributed by atoms with Gasteiger partial charge in [-0.05, 0) is 57.1 Å². The van der Waals surface area contributed by atoms with Crippen molar-refractivity contribution < 1.29 is 18.9 Å². The molecule has 2 unspecified atom stereocenters. The van der Waals surface area contributed by atoms with Gasteiger partial charge in [0.2, 0.25) is 0 Å². The summed E-state index contributed by atoms with van der Waals surface area (Å²) in [6.45, 7) is 3.35. The number of hydrogen-bond acceptors (Lipinski definition) is 4. The lowest BCUT2D eigenvalue weighted by molar-refractivity contribution is -0.185. The summed E-state index contributed by atoms with van der Waals surface area (Å²) >= 11 is 0. The smallest absolute Gasteiger partial charge is 0.188 e. The monoisotopic (exact) mass is 378 g/mol. The van der Waals surface area contributed by atoms with E-state index in [0.29, 0.717) is 12.9 Å². The third kappa shape index (κ3) is 9.59. The second kappa shape index (κ2) is 14.0. The third-order valence-corrected chi connectivity index (χ3v) is 5.13. The van der Waals surface area contributed by atoms with Gasteiger partial charge >= 0.3 is 0 Å². The Hall–Kier alpha value is -1.10. The predicted molar refractivity (Wildman–Crippen MR) is 109 cm³/mol. The standard InChI is InChI=1S/C23H38O4/c1-20(27-23-17-11-12-18-25-23)13-7-5-3-4-6-8-14-21-15-9-10-16-22(21)26-19-24-2/h9-10,15-16,20,23H,3-8,11-14,17-19H2,1-2H3. The first kappa shape index (κ1) is 22.2. The molecule has 0 N–H and O–H groups in total. The van der Waals surface area contributed by atoms with Gasteiger partial charge in [-0.15, -0.1) is 0 Å². The van der Waals surface area contributed by atoms with Crippen molar-refractivity contribution in [2.75, 3.05) is 20.5 Å². The molecule has 1 saturated heterocycles. The van der Waals surface area contributed by atoms with Crippen molar-refractivity contribution in [1.82, 2.24) is 0 Å². The SMILES string of the molecule is COCOc1ccccc1CCCCCCCCC(C)OC1CCCCO1. The molecule has 1 aromatic rings. The molecule has 0 radical (unpaired) electrons. The molecule has 1 aromatic carbocycles. The van der Waals surface area contributed by atoms with E-state index in [1.807, 2.05) is 12.1 Å². The highest BCUT2D eigenvalue weighted by Gasteiger charge is 2.16. The first-order valence-electron chi connectivity index (χ1n) is 10.8. The molecule has 0 amide bonds. The lowest BCUT2D eigenvalue weighted by atomic mass is 10.0. The minimum atomic E-state index is 0.0458. The Labute approximate surface area is 165 Å². The minimum absolute atomic E-state index is 0.0458.